The smallest absolute Gasteiger partial charge is 0.870 e. The van der Waals surface area contributed by atoms with Crippen LogP contribution in [0.5, 0.6) is 0 Å². The van der Waals surface area contributed by atoms with Gasteiger partial charge >= 0.3 is 36.2 Å². The van der Waals surface area contributed by atoms with Gasteiger partial charge in [-0.25, -0.2) is 0 Å². The maximum absolute atomic E-state index is 8.33. The molecule has 0 saturated heterocycles. The predicted octanol–water partition coefficient (Wildman–Crippen LogP) is -3.65. The number of carbonyl (C=O) groups excluding carboxylic acids is 1. The van der Waals surface area contributed by atoms with E-state index in [0.29, 0.717) is 0 Å². The van der Waals surface area contributed by atoms with Gasteiger partial charge in [-0.05, 0) is 6.16 Å². The molecule has 0 rings (SSSR count). The van der Waals surface area contributed by atoms with Crippen molar-refractivity contribution in [3.05, 3.63) is 0 Å². The van der Waals surface area contributed by atoms with Gasteiger partial charge in [0.05, 0.1) is 0 Å². The standard InChI is InChI=1S/CH2O3.Al.Li.H2O.H/c2-1(3)4;;;;/h(H2,2,3,4);;;1H2;/q;+3;;;/p-3. The first-order valence-electron chi connectivity index (χ1n) is 0.612. The molecule has 0 saturated carbocycles. The molecule has 4 nitrogen and oxygen atoms in total. The first-order valence-corrected chi connectivity index (χ1v) is 0.612. The molecule has 0 fully saturated rings. The van der Waals surface area contributed by atoms with Crippen LogP contribution in [0.3, 0.4) is 0 Å². The van der Waals surface area contributed by atoms with E-state index < -0.39 is 6.16 Å². The predicted molar refractivity (Wildman–Crippen MR) is 20.2 cm³/mol. The maximum Gasteiger partial charge on any atom is -0.870 e. The molecule has 1 N–H and O–H groups in total. The van der Waals surface area contributed by atoms with E-state index in [1.54, 1.807) is 0 Å². The third-order valence-corrected chi connectivity index (χ3v) is 0. The molecule has 0 unspecified atom stereocenters. The van der Waals surface area contributed by atoms with Crippen LogP contribution in [0.4, 0.5) is 4.79 Å². The van der Waals surface area contributed by atoms with Gasteiger partial charge in [-0.2, -0.15) is 0 Å². The minimum atomic E-state index is -2.33. The Bertz CT molecular complexity index is 34.7. The molecular formula is CH2AlLiO4. The second-order valence-corrected chi connectivity index (χ2v) is 0.250. The van der Waals surface area contributed by atoms with Crippen LogP contribution in [0.25, 0.3) is 0 Å². The van der Waals surface area contributed by atoms with Gasteiger partial charge in [-0.3, -0.25) is 0 Å². The summed E-state index contributed by atoms with van der Waals surface area (Å²) >= 11 is 0. The molecule has 0 aromatic rings. The van der Waals surface area contributed by atoms with Gasteiger partial charge in [0.15, 0.2) is 0 Å². The van der Waals surface area contributed by atoms with E-state index in [0.717, 1.165) is 0 Å². The van der Waals surface area contributed by atoms with Crippen LogP contribution in [0.1, 0.15) is 0 Å². The van der Waals surface area contributed by atoms with Crippen molar-refractivity contribution in [3.8, 4) is 0 Å². The zero-order valence-corrected chi connectivity index (χ0v) is 3.90. The molecule has 34 valence electrons. The minimum Gasteiger partial charge on any atom is -0.870 e. The molecule has 7 heavy (non-hydrogen) atoms. The average Bonchev–Trinajstić information content (AvgIpc) is 0.811. The summed E-state index contributed by atoms with van der Waals surface area (Å²) in [6.45, 7) is 0. The Kier molecular flexibility index (Phi) is 61.0. The number of carboxylic acid groups (broad SMARTS) is 2. The van der Waals surface area contributed by atoms with Gasteiger partial charge < -0.3 is 20.5 Å². The van der Waals surface area contributed by atoms with Crippen molar-refractivity contribution in [2.24, 2.45) is 0 Å². The van der Waals surface area contributed by atoms with E-state index in [-0.39, 0.29) is 41.7 Å². The number of rotatable bonds is 0. The summed E-state index contributed by atoms with van der Waals surface area (Å²) in [7, 11) is 0. The summed E-state index contributed by atoms with van der Waals surface area (Å²) in [5.74, 6) is 0. The first-order chi connectivity index (χ1) is 1.73. The van der Waals surface area contributed by atoms with Gasteiger partial charge in [0.25, 0.3) is 0 Å². The van der Waals surface area contributed by atoms with Crippen molar-refractivity contribution in [1.29, 1.82) is 0 Å². The molecule has 0 heterocycles. The summed E-state index contributed by atoms with van der Waals surface area (Å²) in [5, 5.41) is 16.7. The topological polar surface area (TPSA) is 93.2 Å². The summed E-state index contributed by atoms with van der Waals surface area (Å²) in [6, 6.07) is 0. The first kappa shape index (κ1) is 26.4. The monoisotopic (exact) mass is 112 g/mol. The minimum absolute atomic E-state index is 0. The number of hydrogen-bond donors (Lipinski definition) is 0. The molecule has 6 heteroatoms. The summed E-state index contributed by atoms with van der Waals surface area (Å²) in [6.07, 6.45) is -2.33. The van der Waals surface area contributed by atoms with Gasteiger partial charge in [0.2, 0.25) is 0 Å². The number of carbonyl (C=O) groups is 1. The van der Waals surface area contributed by atoms with E-state index >= 15 is 0 Å². The second-order valence-electron chi connectivity index (χ2n) is 0.250. The maximum atomic E-state index is 8.33. The molecule has 0 aliphatic rings. The van der Waals surface area contributed by atoms with Crippen molar-refractivity contribution in [1.82, 2.24) is 0 Å². The third kappa shape index (κ3) is 933. The molecular weight excluding hydrogens is 110 g/mol. The Morgan fingerprint density at radius 2 is 1.29 bits per heavy atom. The molecule has 0 aliphatic heterocycles. The summed E-state index contributed by atoms with van der Waals surface area (Å²) in [4.78, 5) is 8.33. The zero-order valence-electron chi connectivity index (χ0n) is 2.75. The van der Waals surface area contributed by atoms with E-state index in [4.69, 9.17) is 15.0 Å². The van der Waals surface area contributed by atoms with Crippen molar-refractivity contribution in [2.75, 3.05) is 0 Å². The molecule has 0 aromatic carbocycles. The van der Waals surface area contributed by atoms with Crippen molar-refractivity contribution in [2.45, 2.75) is 0 Å². The van der Waals surface area contributed by atoms with E-state index in [2.05, 4.69) is 0 Å². The summed E-state index contributed by atoms with van der Waals surface area (Å²) in [5.41, 5.74) is 0. The van der Waals surface area contributed by atoms with Crippen LogP contribution in [0, 0.1) is 0 Å². The van der Waals surface area contributed by atoms with Crippen LogP contribution in [0.15, 0.2) is 0 Å². The Morgan fingerprint density at radius 3 is 1.29 bits per heavy atom. The Morgan fingerprint density at radius 1 is 1.29 bits per heavy atom. The molecule has 0 atom stereocenters. The SMILES string of the molecule is O=C([O-])[O-].[Al+3].[LiH].[OH-]. The van der Waals surface area contributed by atoms with Crippen LogP contribution >= 0.6 is 0 Å². The zero-order chi connectivity index (χ0) is 3.58. The fourth-order valence-corrected chi connectivity index (χ4v) is 0. The van der Waals surface area contributed by atoms with Crippen molar-refractivity contribution in [3.63, 3.8) is 0 Å². The second kappa shape index (κ2) is 16.2. The van der Waals surface area contributed by atoms with Gasteiger partial charge in [0, 0.05) is 0 Å². The Hall–Kier alpha value is 0.360. The van der Waals surface area contributed by atoms with Gasteiger partial charge in [-0.15, -0.1) is 0 Å². The molecule has 0 aliphatic carbocycles. The molecule has 0 amide bonds. The summed E-state index contributed by atoms with van der Waals surface area (Å²) < 4.78 is 0. The average molecular weight is 112 g/mol. The molecule has 0 radical (unpaired) electrons. The quantitative estimate of drug-likeness (QED) is 0.302. The van der Waals surface area contributed by atoms with Gasteiger partial charge in [-0.1, -0.05) is 0 Å². The normalized spacial score (nSPS) is 3.43. The molecule has 0 spiro atoms. The fraction of sp³-hybridized carbons (Fsp3) is 0. The van der Waals surface area contributed by atoms with Crippen LogP contribution in [0.2, 0.25) is 0 Å². The van der Waals surface area contributed by atoms with E-state index in [1.807, 2.05) is 0 Å². The van der Waals surface area contributed by atoms with Crippen LogP contribution < -0.4 is 10.2 Å². The van der Waals surface area contributed by atoms with Crippen molar-refractivity contribution < 1.29 is 20.5 Å². The van der Waals surface area contributed by atoms with E-state index in [1.165, 1.54) is 0 Å². The van der Waals surface area contributed by atoms with Crippen LogP contribution in [-0.2, 0) is 0 Å². The Balaban J connectivity index is -0.0000000150. The molecule has 0 bridgehead atoms. The van der Waals surface area contributed by atoms with E-state index in [9.17, 15) is 0 Å². The van der Waals surface area contributed by atoms with Crippen molar-refractivity contribution >= 4 is 42.4 Å². The van der Waals surface area contributed by atoms with Crippen LogP contribution in [-0.4, -0.2) is 47.9 Å². The Labute approximate surface area is 63.1 Å². The third-order valence-electron chi connectivity index (χ3n) is 0. The fourth-order valence-electron chi connectivity index (χ4n) is 0. The number of hydrogen-bond acceptors (Lipinski definition) is 4. The molecule has 0 aromatic heterocycles. The van der Waals surface area contributed by atoms with Gasteiger partial charge in [0.1, 0.15) is 0 Å². The largest absolute Gasteiger partial charge is 0.870 e.